The summed E-state index contributed by atoms with van der Waals surface area (Å²) in [6.07, 6.45) is 9.77. The molecule has 74 valence electrons. The molecule has 1 N–H and O–H groups in total. The molecule has 0 radical (unpaired) electrons. The number of hydrogen-bond acceptors (Lipinski definition) is 1. The molecular formula is C12H20O. The van der Waals surface area contributed by atoms with E-state index in [-0.39, 0.29) is 6.10 Å². The minimum Gasteiger partial charge on any atom is -0.384 e. The van der Waals surface area contributed by atoms with Gasteiger partial charge in [-0.1, -0.05) is 19.1 Å². The van der Waals surface area contributed by atoms with Gasteiger partial charge in [-0.25, -0.2) is 0 Å². The Morgan fingerprint density at radius 2 is 2.38 bits per heavy atom. The molecule has 0 saturated carbocycles. The lowest BCUT2D eigenvalue weighted by atomic mass is 9.92. The third-order valence-electron chi connectivity index (χ3n) is 2.63. The molecule has 1 unspecified atom stereocenters. The Hall–Kier alpha value is -0.560. The van der Waals surface area contributed by atoms with Crippen LogP contribution in [0.25, 0.3) is 0 Å². The van der Waals surface area contributed by atoms with E-state index in [0.717, 1.165) is 24.8 Å². The largest absolute Gasteiger partial charge is 0.384 e. The van der Waals surface area contributed by atoms with Crippen LogP contribution in [-0.4, -0.2) is 11.2 Å². The molecule has 13 heavy (non-hydrogen) atoms. The van der Waals surface area contributed by atoms with Crippen molar-refractivity contribution in [3.05, 3.63) is 23.3 Å². The number of aliphatic hydroxyl groups is 1. The minimum atomic E-state index is -0.305. The van der Waals surface area contributed by atoms with Crippen molar-refractivity contribution in [3.8, 4) is 0 Å². The summed E-state index contributed by atoms with van der Waals surface area (Å²) in [4.78, 5) is 0. The Morgan fingerprint density at radius 3 is 2.92 bits per heavy atom. The van der Waals surface area contributed by atoms with Crippen LogP contribution in [0.2, 0.25) is 0 Å². The van der Waals surface area contributed by atoms with Crippen molar-refractivity contribution < 1.29 is 5.11 Å². The van der Waals surface area contributed by atoms with Crippen LogP contribution in [0.1, 0.15) is 46.0 Å². The fraction of sp³-hybridized carbons (Fsp3) is 0.667. The van der Waals surface area contributed by atoms with Crippen LogP contribution < -0.4 is 0 Å². The number of allylic oxidation sites excluding steroid dienone is 2. The summed E-state index contributed by atoms with van der Waals surface area (Å²) in [6.45, 7) is 4.12. The molecule has 0 amide bonds. The van der Waals surface area contributed by atoms with Gasteiger partial charge in [0.15, 0.2) is 0 Å². The minimum absolute atomic E-state index is 0.305. The van der Waals surface area contributed by atoms with Gasteiger partial charge in [-0.15, -0.1) is 0 Å². The van der Waals surface area contributed by atoms with Crippen LogP contribution in [0.4, 0.5) is 0 Å². The van der Waals surface area contributed by atoms with Gasteiger partial charge in [-0.2, -0.15) is 0 Å². The van der Waals surface area contributed by atoms with E-state index in [1.165, 1.54) is 18.4 Å². The fourth-order valence-electron chi connectivity index (χ4n) is 1.84. The molecule has 0 aliphatic heterocycles. The van der Waals surface area contributed by atoms with E-state index in [2.05, 4.69) is 19.1 Å². The maximum Gasteiger partial charge on any atom is 0.0958 e. The van der Waals surface area contributed by atoms with Crippen molar-refractivity contribution in [2.24, 2.45) is 0 Å². The first-order chi connectivity index (χ1) is 6.25. The maximum absolute atomic E-state index is 9.94. The van der Waals surface area contributed by atoms with E-state index in [1.54, 1.807) is 0 Å². The molecule has 1 nitrogen and oxygen atoms in total. The Kier molecular flexibility index (Phi) is 4.23. The lowest BCUT2D eigenvalue weighted by Crippen LogP contribution is -2.13. The summed E-state index contributed by atoms with van der Waals surface area (Å²) in [6, 6.07) is 0. The van der Waals surface area contributed by atoms with Crippen LogP contribution in [0.5, 0.6) is 0 Å². The van der Waals surface area contributed by atoms with Gasteiger partial charge < -0.3 is 5.11 Å². The van der Waals surface area contributed by atoms with E-state index >= 15 is 0 Å². The molecule has 0 heterocycles. The van der Waals surface area contributed by atoms with Crippen molar-refractivity contribution >= 4 is 0 Å². The second kappa shape index (κ2) is 5.23. The lowest BCUT2D eigenvalue weighted by molar-refractivity contribution is 0.239. The highest BCUT2D eigenvalue weighted by atomic mass is 16.3. The van der Waals surface area contributed by atoms with Crippen LogP contribution in [0.3, 0.4) is 0 Å². The Balaban J connectivity index is 2.60. The predicted molar refractivity (Wildman–Crippen MR) is 56.6 cm³/mol. The molecule has 0 bridgehead atoms. The van der Waals surface area contributed by atoms with Gasteiger partial charge in [0.2, 0.25) is 0 Å². The van der Waals surface area contributed by atoms with Crippen molar-refractivity contribution in [3.63, 3.8) is 0 Å². The third kappa shape index (κ3) is 3.00. The average Bonchev–Trinajstić information content (AvgIpc) is 2.18. The zero-order valence-electron chi connectivity index (χ0n) is 8.71. The van der Waals surface area contributed by atoms with Crippen LogP contribution in [0, 0.1) is 0 Å². The summed E-state index contributed by atoms with van der Waals surface area (Å²) in [5.74, 6) is 0. The molecule has 1 atom stereocenters. The van der Waals surface area contributed by atoms with Gasteiger partial charge in [-0.3, -0.25) is 0 Å². The van der Waals surface area contributed by atoms with E-state index < -0.39 is 0 Å². The second-order valence-corrected chi connectivity index (χ2v) is 3.78. The number of rotatable bonds is 3. The first-order valence-corrected chi connectivity index (χ1v) is 5.29. The maximum atomic E-state index is 9.94. The standard InChI is InChI=1S/C12H20O/c1-3-7-10(2)12(13)11-8-5-4-6-9-11/h7-8,12-13H,3-6,9H2,1-2H3/b10-7+. The molecule has 1 aliphatic rings. The predicted octanol–water partition coefficient (Wildman–Crippen LogP) is 3.20. The molecule has 0 fully saturated rings. The smallest absolute Gasteiger partial charge is 0.0958 e. The van der Waals surface area contributed by atoms with Gasteiger partial charge in [-0.05, 0) is 50.2 Å². The monoisotopic (exact) mass is 180 g/mol. The van der Waals surface area contributed by atoms with Gasteiger partial charge in [0.25, 0.3) is 0 Å². The van der Waals surface area contributed by atoms with Crippen molar-refractivity contribution in [2.75, 3.05) is 0 Å². The highest BCUT2D eigenvalue weighted by molar-refractivity contribution is 5.22. The van der Waals surface area contributed by atoms with Crippen molar-refractivity contribution in [2.45, 2.75) is 52.1 Å². The first-order valence-electron chi connectivity index (χ1n) is 5.29. The average molecular weight is 180 g/mol. The molecule has 1 rings (SSSR count). The summed E-state index contributed by atoms with van der Waals surface area (Å²) in [5, 5.41) is 9.94. The highest BCUT2D eigenvalue weighted by Gasteiger charge is 2.13. The molecule has 0 saturated heterocycles. The Morgan fingerprint density at radius 1 is 1.62 bits per heavy atom. The zero-order chi connectivity index (χ0) is 9.68. The van der Waals surface area contributed by atoms with E-state index in [9.17, 15) is 5.11 Å². The van der Waals surface area contributed by atoms with Gasteiger partial charge in [0.05, 0.1) is 6.10 Å². The molecule has 0 spiro atoms. The topological polar surface area (TPSA) is 20.2 Å². The van der Waals surface area contributed by atoms with Gasteiger partial charge in [0, 0.05) is 0 Å². The van der Waals surface area contributed by atoms with E-state index in [0.29, 0.717) is 0 Å². The lowest BCUT2D eigenvalue weighted by Gasteiger charge is -2.19. The van der Waals surface area contributed by atoms with E-state index in [4.69, 9.17) is 0 Å². The first kappa shape index (κ1) is 10.5. The summed E-state index contributed by atoms with van der Waals surface area (Å²) in [7, 11) is 0. The molecule has 0 aromatic rings. The zero-order valence-corrected chi connectivity index (χ0v) is 8.71. The SMILES string of the molecule is CC/C=C(\C)C(O)C1=CCCCC1. The van der Waals surface area contributed by atoms with Crippen molar-refractivity contribution in [1.82, 2.24) is 0 Å². The van der Waals surface area contributed by atoms with E-state index in [1.807, 2.05) is 6.92 Å². The fourth-order valence-corrected chi connectivity index (χ4v) is 1.84. The molecule has 1 heteroatoms. The highest BCUT2D eigenvalue weighted by Crippen LogP contribution is 2.23. The number of hydrogen-bond donors (Lipinski definition) is 1. The molecule has 0 aromatic carbocycles. The normalized spacial score (nSPS) is 21.2. The third-order valence-corrected chi connectivity index (χ3v) is 2.63. The van der Waals surface area contributed by atoms with Crippen LogP contribution in [0.15, 0.2) is 23.3 Å². The Labute approximate surface area is 81.2 Å². The Bertz CT molecular complexity index is 213. The summed E-state index contributed by atoms with van der Waals surface area (Å²) >= 11 is 0. The number of aliphatic hydroxyl groups excluding tert-OH is 1. The molecular weight excluding hydrogens is 160 g/mol. The van der Waals surface area contributed by atoms with Gasteiger partial charge in [0.1, 0.15) is 0 Å². The molecule has 0 aromatic heterocycles. The van der Waals surface area contributed by atoms with Gasteiger partial charge >= 0.3 is 0 Å². The second-order valence-electron chi connectivity index (χ2n) is 3.78. The van der Waals surface area contributed by atoms with Crippen LogP contribution >= 0.6 is 0 Å². The summed E-state index contributed by atoms with van der Waals surface area (Å²) < 4.78 is 0. The van der Waals surface area contributed by atoms with Crippen molar-refractivity contribution in [1.29, 1.82) is 0 Å². The molecule has 1 aliphatic carbocycles. The quantitative estimate of drug-likeness (QED) is 0.661. The summed E-state index contributed by atoms with van der Waals surface area (Å²) in [5.41, 5.74) is 2.34. The van der Waals surface area contributed by atoms with Crippen LogP contribution in [-0.2, 0) is 0 Å².